The van der Waals surface area contributed by atoms with Gasteiger partial charge in [-0.1, -0.05) is 92.3 Å². The van der Waals surface area contributed by atoms with Crippen LogP contribution in [-0.4, -0.2) is 27.3 Å². The van der Waals surface area contributed by atoms with E-state index in [9.17, 15) is 9.59 Å². The molecule has 6 rings (SSSR count). The van der Waals surface area contributed by atoms with Crippen LogP contribution in [0.4, 0.5) is 11.4 Å². The van der Waals surface area contributed by atoms with Crippen LogP contribution < -0.4 is 10.5 Å². The number of anilines is 2. The second-order valence-corrected chi connectivity index (χ2v) is 12.8. The number of nitrogens with zero attached hydrogens (tertiary/aromatic N) is 3. The van der Waals surface area contributed by atoms with E-state index in [1.165, 1.54) is 11.8 Å². The number of thioether (sulfide) groups is 1. The third-order valence-corrected chi connectivity index (χ3v) is 9.67. The molecule has 5 aromatic rings. The number of fused-ring (bicyclic) bond motifs is 3. The molecule has 42 heavy (non-hydrogen) atoms. The Hall–Kier alpha value is -3.72. The molecule has 0 saturated heterocycles. The first-order chi connectivity index (χ1) is 20.5. The first-order valence-electron chi connectivity index (χ1n) is 14.3. The Morgan fingerprint density at radius 2 is 1.62 bits per heavy atom. The molecule has 1 atom stereocenters. The summed E-state index contributed by atoms with van der Waals surface area (Å²) in [5, 5.41) is 1.28. The third kappa shape index (κ3) is 5.93. The molecule has 0 N–H and O–H groups in total. The van der Waals surface area contributed by atoms with Crippen LogP contribution >= 0.6 is 23.1 Å². The van der Waals surface area contributed by atoms with Gasteiger partial charge in [0.25, 0.3) is 5.56 Å². The monoisotopic (exact) mass is 595 g/mol. The molecular formula is C34H33N3O3S2. The molecule has 1 amide bonds. The number of carbonyl (C=O) groups is 1. The molecule has 1 aliphatic rings. The summed E-state index contributed by atoms with van der Waals surface area (Å²) in [6.45, 7) is 5.30. The van der Waals surface area contributed by atoms with Crippen molar-refractivity contribution in [2.45, 2.75) is 51.1 Å². The summed E-state index contributed by atoms with van der Waals surface area (Å²) in [7, 11) is 0. The van der Waals surface area contributed by atoms with Gasteiger partial charge in [-0.3, -0.25) is 19.1 Å². The van der Waals surface area contributed by atoms with Crippen molar-refractivity contribution in [2.24, 2.45) is 5.92 Å². The van der Waals surface area contributed by atoms with Crippen LogP contribution in [0.3, 0.4) is 0 Å². The molecule has 0 radical (unpaired) electrons. The standard InChI is InChI=1S/C34H33N3O3S2/c1-23(2)28-20-27-29(21-40-28)42-32-31(27)33(39)36(19-18-24-12-6-3-7-13-24)34(35-32)41-22-30(38)37(25-14-8-4-9-15-25)26-16-10-5-11-17-26/h3-17,23,28H,18-22H2,1-2H3/t28-/m0/s1. The number of aromatic nitrogens is 2. The Balaban J connectivity index is 1.35. The van der Waals surface area contributed by atoms with Gasteiger partial charge in [0.05, 0.1) is 23.8 Å². The zero-order chi connectivity index (χ0) is 29.1. The van der Waals surface area contributed by atoms with E-state index in [4.69, 9.17) is 9.72 Å². The molecule has 0 bridgehead atoms. The Labute approximate surface area is 254 Å². The fourth-order valence-corrected chi connectivity index (χ4v) is 7.38. The molecule has 0 spiro atoms. The van der Waals surface area contributed by atoms with E-state index < -0.39 is 0 Å². The average molecular weight is 596 g/mol. The largest absolute Gasteiger partial charge is 0.372 e. The Kier molecular flexibility index (Phi) is 8.55. The number of amides is 1. The van der Waals surface area contributed by atoms with E-state index in [0.717, 1.165) is 38.6 Å². The number of para-hydroxylation sites is 2. The van der Waals surface area contributed by atoms with E-state index >= 15 is 0 Å². The minimum atomic E-state index is -0.0833. The number of benzene rings is 3. The zero-order valence-electron chi connectivity index (χ0n) is 23.7. The van der Waals surface area contributed by atoms with Crippen LogP contribution in [0.15, 0.2) is 101 Å². The second-order valence-electron chi connectivity index (χ2n) is 10.8. The highest BCUT2D eigenvalue weighted by Gasteiger charge is 2.29. The topological polar surface area (TPSA) is 64.4 Å². The van der Waals surface area contributed by atoms with E-state index in [-0.39, 0.29) is 23.3 Å². The van der Waals surface area contributed by atoms with Crippen molar-refractivity contribution in [1.29, 1.82) is 0 Å². The lowest BCUT2D eigenvalue weighted by Crippen LogP contribution is -2.30. The molecule has 1 aliphatic heterocycles. The minimum Gasteiger partial charge on any atom is -0.372 e. The lowest BCUT2D eigenvalue weighted by atomic mass is 9.96. The second kappa shape index (κ2) is 12.7. The summed E-state index contributed by atoms with van der Waals surface area (Å²) in [4.78, 5) is 36.5. The number of hydrogen-bond acceptors (Lipinski definition) is 6. The van der Waals surface area contributed by atoms with E-state index in [0.29, 0.717) is 36.0 Å². The minimum absolute atomic E-state index is 0.0317. The molecule has 0 unspecified atom stereocenters. The number of rotatable bonds is 9. The zero-order valence-corrected chi connectivity index (χ0v) is 25.4. The molecule has 6 nitrogen and oxygen atoms in total. The van der Waals surface area contributed by atoms with Crippen LogP contribution in [-0.2, 0) is 35.5 Å². The molecule has 8 heteroatoms. The highest BCUT2D eigenvalue weighted by atomic mass is 32.2. The van der Waals surface area contributed by atoms with Crippen molar-refractivity contribution in [3.8, 4) is 0 Å². The van der Waals surface area contributed by atoms with E-state index in [1.54, 1.807) is 20.8 Å². The van der Waals surface area contributed by atoms with Crippen LogP contribution in [0.5, 0.6) is 0 Å². The maximum Gasteiger partial charge on any atom is 0.263 e. The molecule has 0 saturated carbocycles. The van der Waals surface area contributed by atoms with E-state index in [1.807, 2.05) is 78.9 Å². The van der Waals surface area contributed by atoms with Gasteiger partial charge in [0.1, 0.15) is 4.83 Å². The molecule has 2 aromatic heterocycles. The smallest absolute Gasteiger partial charge is 0.263 e. The van der Waals surface area contributed by atoms with Crippen molar-refractivity contribution in [3.05, 3.63) is 117 Å². The number of carbonyl (C=O) groups excluding carboxylic acids is 1. The van der Waals surface area contributed by atoms with Gasteiger partial charge in [-0.25, -0.2) is 4.98 Å². The van der Waals surface area contributed by atoms with Crippen LogP contribution in [0.1, 0.15) is 29.9 Å². The van der Waals surface area contributed by atoms with Crippen molar-refractivity contribution in [2.75, 3.05) is 10.7 Å². The Bertz CT molecular complexity index is 1700. The summed E-state index contributed by atoms with van der Waals surface area (Å²) in [5.41, 5.74) is 3.79. The van der Waals surface area contributed by atoms with Gasteiger partial charge >= 0.3 is 0 Å². The van der Waals surface area contributed by atoms with Gasteiger partial charge < -0.3 is 4.74 Å². The van der Waals surface area contributed by atoms with E-state index in [2.05, 4.69) is 26.0 Å². The molecular weight excluding hydrogens is 563 g/mol. The lowest BCUT2D eigenvalue weighted by molar-refractivity contribution is -0.115. The highest BCUT2D eigenvalue weighted by Crippen LogP contribution is 2.36. The molecule has 0 fully saturated rings. The number of ether oxygens (including phenoxy) is 1. The normalized spacial score (nSPS) is 14.7. The van der Waals surface area contributed by atoms with Gasteiger partial charge in [0, 0.05) is 29.2 Å². The summed E-state index contributed by atoms with van der Waals surface area (Å²) in [6.07, 6.45) is 1.50. The highest BCUT2D eigenvalue weighted by molar-refractivity contribution is 7.99. The van der Waals surface area contributed by atoms with Gasteiger partial charge in [0.15, 0.2) is 5.16 Å². The SMILES string of the molecule is CC(C)[C@@H]1Cc2c(sc3nc(SCC(=O)N(c4ccccc4)c4ccccc4)n(CCc4ccccc4)c(=O)c23)CO1. The lowest BCUT2D eigenvalue weighted by Gasteiger charge is -2.26. The van der Waals surface area contributed by atoms with Crippen molar-refractivity contribution >= 4 is 50.6 Å². The summed E-state index contributed by atoms with van der Waals surface area (Å²) in [6, 6.07) is 29.4. The van der Waals surface area contributed by atoms with Gasteiger partial charge in [-0.2, -0.15) is 0 Å². The first-order valence-corrected chi connectivity index (χ1v) is 16.1. The number of hydrogen-bond donors (Lipinski definition) is 0. The summed E-state index contributed by atoms with van der Waals surface area (Å²) >= 11 is 2.87. The summed E-state index contributed by atoms with van der Waals surface area (Å²) < 4.78 is 7.88. The maximum absolute atomic E-state index is 14.2. The van der Waals surface area contributed by atoms with Gasteiger partial charge in [-0.15, -0.1) is 11.3 Å². The quantitative estimate of drug-likeness (QED) is 0.133. The fourth-order valence-electron chi connectivity index (χ4n) is 5.34. The van der Waals surface area contributed by atoms with Crippen LogP contribution in [0, 0.1) is 5.92 Å². The average Bonchev–Trinajstić information content (AvgIpc) is 3.39. The number of aryl methyl sites for hydroxylation is 1. The molecule has 214 valence electrons. The maximum atomic E-state index is 14.2. The van der Waals surface area contributed by atoms with Crippen molar-refractivity contribution < 1.29 is 9.53 Å². The Morgan fingerprint density at radius 3 is 2.24 bits per heavy atom. The van der Waals surface area contributed by atoms with Crippen molar-refractivity contribution in [1.82, 2.24) is 9.55 Å². The van der Waals surface area contributed by atoms with Gasteiger partial charge in [-0.05, 0) is 47.7 Å². The first kappa shape index (κ1) is 28.4. The van der Waals surface area contributed by atoms with Crippen LogP contribution in [0.25, 0.3) is 10.2 Å². The molecule has 3 heterocycles. The molecule has 3 aromatic carbocycles. The number of thiophene rings is 1. The van der Waals surface area contributed by atoms with Crippen molar-refractivity contribution in [3.63, 3.8) is 0 Å². The predicted molar refractivity (Wildman–Crippen MR) is 172 cm³/mol. The fraction of sp³-hybridized carbons (Fsp3) is 0.265. The Morgan fingerprint density at radius 1 is 1.00 bits per heavy atom. The van der Waals surface area contributed by atoms with Crippen LogP contribution in [0.2, 0.25) is 0 Å². The summed E-state index contributed by atoms with van der Waals surface area (Å²) in [5.74, 6) is 0.413. The third-order valence-electron chi connectivity index (χ3n) is 7.61. The molecule has 0 aliphatic carbocycles. The predicted octanol–water partition coefficient (Wildman–Crippen LogP) is 7.26. The van der Waals surface area contributed by atoms with Gasteiger partial charge in [0.2, 0.25) is 5.91 Å².